The standard InChI is InChI=1S/C16H21ClN2O/c1-11-4-3-5-14-15(11)19(16(18-14)12(2)17)8-9-20-10-13-6-7-13/h3-5,12-13H,6-10H2,1-2H3. The highest BCUT2D eigenvalue weighted by Crippen LogP contribution is 2.29. The van der Waals surface area contributed by atoms with E-state index in [0.29, 0.717) is 0 Å². The van der Waals surface area contributed by atoms with E-state index in [-0.39, 0.29) is 5.38 Å². The Balaban J connectivity index is 1.83. The van der Waals surface area contributed by atoms with Gasteiger partial charge in [0, 0.05) is 13.2 Å². The number of fused-ring (bicyclic) bond motifs is 1. The lowest BCUT2D eigenvalue weighted by Gasteiger charge is -2.12. The van der Waals surface area contributed by atoms with E-state index in [2.05, 4.69) is 22.5 Å². The molecule has 1 aromatic heterocycles. The summed E-state index contributed by atoms with van der Waals surface area (Å²) in [6, 6.07) is 6.21. The SMILES string of the molecule is Cc1cccc2nc(C(C)Cl)n(CCOCC3CC3)c12. The second-order valence-corrected chi connectivity index (χ2v) is 6.35. The van der Waals surface area contributed by atoms with Crippen LogP contribution in [-0.4, -0.2) is 22.8 Å². The van der Waals surface area contributed by atoms with Crippen LogP contribution in [0, 0.1) is 12.8 Å². The van der Waals surface area contributed by atoms with Gasteiger partial charge in [-0.3, -0.25) is 0 Å². The molecule has 0 amide bonds. The number of para-hydroxylation sites is 1. The van der Waals surface area contributed by atoms with Gasteiger partial charge in [0.15, 0.2) is 0 Å². The highest BCUT2D eigenvalue weighted by Gasteiger charge is 2.21. The molecule has 1 aromatic carbocycles. The molecule has 1 heterocycles. The third kappa shape index (κ3) is 2.84. The van der Waals surface area contributed by atoms with Crippen LogP contribution in [-0.2, 0) is 11.3 Å². The van der Waals surface area contributed by atoms with E-state index in [0.717, 1.165) is 37.0 Å². The van der Waals surface area contributed by atoms with Gasteiger partial charge in [-0.15, -0.1) is 11.6 Å². The van der Waals surface area contributed by atoms with Crippen molar-refractivity contribution in [3.05, 3.63) is 29.6 Å². The highest BCUT2D eigenvalue weighted by atomic mass is 35.5. The van der Waals surface area contributed by atoms with Crippen molar-refractivity contribution in [2.75, 3.05) is 13.2 Å². The van der Waals surface area contributed by atoms with Gasteiger partial charge >= 0.3 is 0 Å². The number of nitrogens with zero attached hydrogens (tertiary/aromatic N) is 2. The topological polar surface area (TPSA) is 27.1 Å². The number of aromatic nitrogens is 2. The van der Waals surface area contributed by atoms with Crippen molar-refractivity contribution in [1.29, 1.82) is 0 Å². The van der Waals surface area contributed by atoms with Crippen LogP contribution in [0.5, 0.6) is 0 Å². The second kappa shape index (κ2) is 5.74. The van der Waals surface area contributed by atoms with E-state index in [1.807, 2.05) is 19.1 Å². The number of alkyl halides is 1. The first-order valence-electron chi connectivity index (χ1n) is 7.34. The van der Waals surface area contributed by atoms with Crippen molar-refractivity contribution in [3.63, 3.8) is 0 Å². The molecular weight excluding hydrogens is 272 g/mol. The fraction of sp³-hybridized carbons (Fsp3) is 0.562. The number of imidazole rings is 1. The zero-order valence-electron chi connectivity index (χ0n) is 12.1. The second-order valence-electron chi connectivity index (χ2n) is 5.70. The Labute approximate surface area is 124 Å². The zero-order chi connectivity index (χ0) is 14.1. The van der Waals surface area contributed by atoms with E-state index in [9.17, 15) is 0 Å². The van der Waals surface area contributed by atoms with E-state index >= 15 is 0 Å². The highest BCUT2D eigenvalue weighted by molar-refractivity contribution is 6.20. The van der Waals surface area contributed by atoms with Crippen LogP contribution in [0.4, 0.5) is 0 Å². The van der Waals surface area contributed by atoms with Gasteiger partial charge in [0.2, 0.25) is 0 Å². The van der Waals surface area contributed by atoms with Crippen LogP contribution in [0.25, 0.3) is 11.0 Å². The minimum Gasteiger partial charge on any atom is -0.379 e. The fourth-order valence-corrected chi connectivity index (χ4v) is 2.77. The van der Waals surface area contributed by atoms with Crippen LogP contribution in [0.1, 0.15) is 36.5 Å². The van der Waals surface area contributed by atoms with Crippen molar-refractivity contribution in [2.45, 2.75) is 38.6 Å². The molecule has 20 heavy (non-hydrogen) atoms. The summed E-state index contributed by atoms with van der Waals surface area (Å²) in [5, 5.41) is -0.0924. The summed E-state index contributed by atoms with van der Waals surface area (Å²) in [4.78, 5) is 4.67. The third-order valence-electron chi connectivity index (χ3n) is 3.86. The molecule has 1 aliphatic rings. The summed E-state index contributed by atoms with van der Waals surface area (Å²) in [5.74, 6) is 1.74. The maximum Gasteiger partial charge on any atom is 0.127 e. The smallest absolute Gasteiger partial charge is 0.127 e. The lowest BCUT2D eigenvalue weighted by atomic mass is 10.2. The molecule has 0 N–H and O–H groups in total. The van der Waals surface area contributed by atoms with Gasteiger partial charge in [-0.25, -0.2) is 4.98 Å². The summed E-state index contributed by atoms with van der Waals surface area (Å²) in [6.45, 7) is 6.54. The molecule has 1 saturated carbocycles. The van der Waals surface area contributed by atoms with Gasteiger partial charge in [-0.05, 0) is 44.2 Å². The Bertz CT molecular complexity index is 602. The quantitative estimate of drug-likeness (QED) is 0.593. The average molecular weight is 293 g/mol. The van der Waals surface area contributed by atoms with E-state index in [4.69, 9.17) is 16.3 Å². The Hall–Kier alpha value is -1.06. The molecule has 1 unspecified atom stereocenters. The summed E-state index contributed by atoms with van der Waals surface area (Å²) in [6.07, 6.45) is 2.66. The molecule has 1 aliphatic carbocycles. The molecule has 0 spiro atoms. The van der Waals surface area contributed by atoms with E-state index < -0.39 is 0 Å². The maximum absolute atomic E-state index is 6.28. The summed E-state index contributed by atoms with van der Waals surface area (Å²) >= 11 is 6.28. The van der Waals surface area contributed by atoms with Gasteiger partial charge in [-0.2, -0.15) is 0 Å². The Morgan fingerprint density at radius 3 is 2.95 bits per heavy atom. The number of halogens is 1. The van der Waals surface area contributed by atoms with Crippen molar-refractivity contribution in [3.8, 4) is 0 Å². The first kappa shape index (κ1) is 13.9. The molecule has 3 rings (SSSR count). The molecule has 0 aliphatic heterocycles. The van der Waals surface area contributed by atoms with Gasteiger partial charge in [-0.1, -0.05) is 12.1 Å². The summed E-state index contributed by atoms with van der Waals surface area (Å²) in [5.41, 5.74) is 3.44. The number of rotatable bonds is 6. The lowest BCUT2D eigenvalue weighted by molar-refractivity contribution is 0.117. The van der Waals surface area contributed by atoms with Crippen molar-refractivity contribution in [2.24, 2.45) is 5.92 Å². The molecular formula is C16H21ClN2O. The van der Waals surface area contributed by atoms with Gasteiger partial charge in [0.1, 0.15) is 5.82 Å². The van der Waals surface area contributed by atoms with Crippen molar-refractivity contribution < 1.29 is 4.74 Å². The molecule has 3 nitrogen and oxygen atoms in total. The fourth-order valence-electron chi connectivity index (χ4n) is 2.60. The molecule has 4 heteroatoms. The van der Waals surface area contributed by atoms with E-state index in [1.165, 1.54) is 23.9 Å². The summed E-state index contributed by atoms with van der Waals surface area (Å²) < 4.78 is 7.98. The number of benzene rings is 1. The first-order valence-corrected chi connectivity index (χ1v) is 7.78. The lowest BCUT2D eigenvalue weighted by Crippen LogP contribution is -2.11. The maximum atomic E-state index is 6.28. The van der Waals surface area contributed by atoms with Crippen LogP contribution >= 0.6 is 11.6 Å². The molecule has 2 aromatic rings. The predicted molar refractivity (Wildman–Crippen MR) is 82.3 cm³/mol. The van der Waals surface area contributed by atoms with Crippen LogP contribution < -0.4 is 0 Å². The molecule has 0 bridgehead atoms. The number of hydrogen-bond donors (Lipinski definition) is 0. The molecule has 1 fully saturated rings. The molecule has 0 saturated heterocycles. The van der Waals surface area contributed by atoms with Gasteiger partial charge < -0.3 is 9.30 Å². The van der Waals surface area contributed by atoms with Crippen LogP contribution in [0.3, 0.4) is 0 Å². The van der Waals surface area contributed by atoms with Crippen LogP contribution in [0.2, 0.25) is 0 Å². The minimum atomic E-state index is -0.0924. The van der Waals surface area contributed by atoms with E-state index in [1.54, 1.807) is 0 Å². The van der Waals surface area contributed by atoms with Crippen LogP contribution in [0.15, 0.2) is 18.2 Å². The van der Waals surface area contributed by atoms with Gasteiger partial charge in [0.05, 0.1) is 23.0 Å². The summed E-state index contributed by atoms with van der Waals surface area (Å²) in [7, 11) is 0. The molecule has 0 radical (unpaired) electrons. The first-order chi connectivity index (χ1) is 9.66. The van der Waals surface area contributed by atoms with Gasteiger partial charge in [0.25, 0.3) is 0 Å². The number of ether oxygens (including phenoxy) is 1. The van der Waals surface area contributed by atoms with Crippen molar-refractivity contribution >= 4 is 22.6 Å². The predicted octanol–water partition coefficient (Wildman–Crippen LogP) is 4.07. The number of hydrogen-bond acceptors (Lipinski definition) is 2. The normalized spacial score (nSPS) is 16.8. The number of aryl methyl sites for hydroxylation is 1. The monoisotopic (exact) mass is 292 g/mol. The Kier molecular flexibility index (Phi) is 3.99. The zero-order valence-corrected chi connectivity index (χ0v) is 12.9. The molecule has 108 valence electrons. The Morgan fingerprint density at radius 2 is 2.25 bits per heavy atom. The average Bonchev–Trinajstić information content (AvgIpc) is 3.15. The Morgan fingerprint density at radius 1 is 1.45 bits per heavy atom. The van der Waals surface area contributed by atoms with Crippen molar-refractivity contribution in [1.82, 2.24) is 9.55 Å². The largest absolute Gasteiger partial charge is 0.379 e. The molecule has 1 atom stereocenters. The third-order valence-corrected chi connectivity index (χ3v) is 4.06. The minimum absolute atomic E-state index is 0.0924.